The van der Waals surface area contributed by atoms with Gasteiger partial charge in [0.25, 0.3) is 0 Å². The van der Waals surface area contributed by atoms with E-state index < -0.39 is 0 Å². The lowest BCUT2D eigenvalue weighted by atomic mass is 9.91. The first-order chi connectivity index (χ1) is 9.17. The van der Waals surface area contributed by atoms with Gasteiger partial charge in [-0.1, -0.05) is 21.1 Å². The summed E-state index contributed by atoms with van der Waals surface area (Å²) in [6.07, 6.45) is 3.44. The zero-order valence-corrected chi connectivity index (χ0v) is 12.4. The van der Waals surface area contributed by atoms with Crippen LogP contribution in [0.1, 0.15) is 32.1 Å². The molecule has 1 fully saturated rings. The van der Waals surface area contributed by atoms with Crippen molar-refractivity contribution < 1.29 is 4.52 Å². The fourth-order valence-electron chi connectivity index (χ4n) is 2.40. The molecule has 0 radical (unpaired) electrons. The first-order valence-electron chi connectivity index (χ1n) is 6.52. The number of aromatic nitrogens is 2. The molecule has 4 nitrogen and oxygen atoms in total. The van der Waals surface area contributed by atoms with Crippen molar-refractivity contribution in [1.29, 1.82) is 0 Å². The van der Waals surface area contributed by atoms with Crippen molar-refractivity contribution in [3.8, 4) is 11.4 Å². The highest BCUT2D eigenvalue weighted by Crippen LogP contribution is 2.30. The van der Waals surface area contributed by atoms with E-state index in [4.69, 9.17) is 4.52 Å². The lowest BCUT2D eigenvalue weighted by Gasteiger charge is -2.31. The van der Waals surface area contributed by atoms with Crippen LogP contribution in [0, 0.1) is 0 Å². The number of benzene rings is 1. The van der Waals surface area contributed by atoms with Crippen LogP contribution >= 0.6 is 15.9 Å². The highest BCUT2D eigenvalue weighted by atomic mass is 79.9. The zero-order valence-electron chi connectivity index (χ0n) is 10.8. The van der Waals surface area contributed by atoms with E-state index in [1.807, 2.05) is 24.3 Å². The summed E-state index contributed by atoms with van der Waals surface area (Å²) in [6, 6.07) is 7.92. The van der Waals surface area contributed by atoms with Crippen LogP contribution < -0.4 is 5.32 Å². The van der Waals surface area contributed by atoms with Gasteiger partial charge in [0.15, 0.2) is 0 Å². The van der Waals surface area contributed by atoms with E-state index in [1.165, 1.54) is 12.8 Å². The predicted molar refractivity (Wildman–Crippen MR) is 76.6 cm³/mol. The first kappa shape index (κ1) is 12.8. The Balaban J connectivity index is 1.88. The SMILES string of the molecule is CC1(c2nc(-c3ccc(Br)cc3)no2)CCCCN1. The standard InChI is InChI=1S/C14H16BrN3O/c1-14(8-2-3-9-16-14)13-17-12(18-19-13)10-4-6-11(15)7-5-10/h4-7,16H,2-3,8-9H2,1H3. The van der Waals surface area contributed by atoms with Gasteiger partial charge in [0, 0.05) is 10.0 Å². The Morgan fingerprint density at radius 2 is 2.05 bits per heavy atom. The van der Waals surface area contributed by atoms with Crippen LogP contribution in [0.3, 0.4) is 0 Å². The van der Waals surface area contributed by atoms with Gasteiger partial charge in [-0.15, -0.1) is 0 Å². The molecule has 100 valence electrons. The summed E-state index contributed by atoms with van der Waals surface area (Å²) in [6.45, 7) is 3.14. The fourth-order valence-corrected chi connectivity index (χ4v) is 2.67. The topological polar surface area (TPSA) is 51.0 Å². The third-order valence-corrected chi connectivity index (χ3v) is 4.15. The van der Waals surface area contributed by atoms with Gasteiger partial charge in [-0.2, -0.15) is 4.98 Å². The van der Waals surface area contributed by atoms with Crippen LogP contribution in [-0.2, 0) is 5.54 Å². The average Bonchev–Trinajstić information content (AvgIpc) is 2.91. The number of rotatable bonds is 2. The van der Waals surface area contributed by atoms with Crippen molar-refractivity contribution in [3.05, 3.63) is 34.6 Å². The van der Waals surface area contributed by atoms with E-state index in [-0.39, 0.29) is 5.54 Å². The number of halogens is 1. The molecule has 0 amide bonds. The van der Waals surface area contributed by atoms with E-state index in [2.05, 4.69) is 38.3 Å². The van der Waals surface area contributed by atoms with Crippen molar-refractivity contribution >= 4 is 15.9 Å². The number of hydrogen-bond acceptors (Lipinski definition) is 4. The van der Waals surface area contributed by atoms with E-state index in [9.17, 15) is 0 Å². The number of nitrogens with one attached hydrogen (secondary N) is 1. The van der Waals surface area contributed by atoms with Crippen LogP contribution in [0.2, 0.25) is 0 Å². The van der Waals surface area contributed by atoms with E-state index in [1.54, 1.807) is 0 Å². The summed E-state index contributed by atoms with van der Waals surface area (Å²) >= 11 is 3.42. The summed E-state index contributed by atoms with van der Waals surface area (Å²) in [7, 11) is 0. The third kappa shape index (κ3) is 2.58. The van der Waals surface area contributed by atoms with E-state index in [0.29, 0.717) is 11.7 Å². The van der Waals surface area contributed by atoms with Gasteiger partial charge < -0.3 is 9.84 Å². The molecular weight excluding hydrogens is 306 g/mol. The highest BCUT2D eigenvalue weighted by molar-refractivity contribution is 9.10. The average molecular weight is 322 g/mol. The zero-order chi connectivity index (χ0) is 13.3. The van der Waals surface area contributed by atoms with Gasteiger partial charge in [-0.25, -0.2) is 0 Å². The second kappa shape index (κ2) is 5.06. The fraction of sp³-hybridized carbons (Fsp3) is 0.429. The largest absolute Gasteiger partial charge is 0.337 e. The Morgan fingerprint density at radius 1 is 1.26 bits per heavy atom. The highest BCUT2D eigenvalue weighted by Gasteiger charge is 2.34. The summed E-state index contributed by atoms with van der Waals surface area (Å²) < 4.78 is 6.50. The molecule has 2 aromatic rings. The molecule has 1 aromatic heterocycles. The Bertz CT molecular complexity index is 558. The minimum absolute atomic E-state index is 0.182. The van der Waals surface area contributed by atoms with E-state index in [0.717, 1.165) is 23.0 Å². The summed E-state index contributed by atoms with van der Waals surface area (Å²) in [4.78, 5) is 4.55. The Morgan fingerprint density at radius 3 is 2.74 bits per heavy atom. The normalized spacial score (nSPS) is 23.5. The molecule has 0 spiro atoms. The summed E-state index contributed by atoms with van der Waals surface area (Å²) in [5.74, 6) is 1.33. The van der Waals surface area contributed by atoms with Crippen LogP contribution in [0.25, 0.3) is 11.4 Å². The quantitative estimate of drug-likeness (QED) is 0.919. The van der Waals surface area contributed by atoms with Gasteiger partial charge in [0.1, 0.15) is 0 Å². The number of piperidine rings is 1. The molecule has 19 heavy (non-hydrogen) atoms. The van der Waals surface area contributed by atoms with Gasteiger partial charge >= 0.3 is 0 Å². The number of hydrogen-bond donors (Lipinski definition) is 1. The molecule has 1 N–H and O–H groups in total. The van der Waals surface area contributed by atoms with Crippen molar-refractivity contribution in [2.24, 2.45) is 0 Å². The minimum atomic E-state index is -0.182. The molecule has 1 aromatic carbocycles. The monoisotopic (exact) mass is 321 g/mol. The molecule has 0 saturated carbocycles. The lowest BCUT2D eigenvalue weighted by Crippen LogP contribution is -2.43. The van der Waals surface area contributed by atoms with Crippen LogP contribution in [-0.4, -0.2) is 16.7 Å². The second-order valence-electron chi connectivity index (χ2n) is 5.15. The molecule has 1 unspecified atom stereocenters. The molecule has 1 atom stereocenters. The molecule has 0 bridgehead atoms. The summed E-state index contributed by atoms with van der Waals surface area (Å²) in [5, 5.41) is 7.58. The smallest absolute Gasteiger partial charge is 0.246 e. The lowest BCUT2D eigenvalue weighted by molar-refractivity contribution is 0.207. The van der Waals surface area contributed by atoms with Crippen molar-refractivity contribution in [2.45, 2.75) is 31.7 Å². The minimum Gasteiger partial charge on any atom is -0.337 e. The maximum absolute atomic E-state index is 5.46. The van der Waals surface area contributed by atoms with Crippen molar-refractivity contribution in [3.63, 3.8) is 0 Å². The maximum Gasteiger partial charge on any atom is 0.246 e. The maximum atomic E-state index is 5.46. The van der Waals surface area contributed by atoms with Crippen molar-refractivity contribution in [1.82, 2.24) is 15.5 Å². The Kier molecular flexibility index (Phi) is 3.41. The Labute approximate surface area is 120 Å². The summed E-state index contributed by atoms with van der Waals surface area (Å²) in [5.41, 5.74) is 0.788. The predicted octanol–water partition coefficient (Wildman–Crippen LogP) is 3.49. The Hall–Kier alpha value is -1.20. The third-order valence-electron chi connectivity index (χ3n) is 3.62. The van der Waals surface area contributed by atoms with Crippen molar-refractivity contribution in [2.75, 3.05) is 6.54 Å². The molecule has 3 rings (SSSR count). The molecular formula is C14H16BrN3O. The number of nitrogens with zero attached hydrogens (tertiary/aromatic N) is 2. The second-order valence-corrected chi connectivity index (χ2v) is 6.06. The molecule has 1 saturated heterocycles. The van der Waals surface area contributed by atoms with Gasteiger partial charge in [0.05, 0.1) is 5.54 Å². The van der Waals surface area contributed by atoms with E-state index >= 15 is 0 Å². The van der Waals surface area contributed by atoms with Crippen LogP contribution in [0.5, 0.6) is 0 Å². The molecule has 0 aliphatic carbocycles. The first-order valence-corrected chi connectivity index (χ1v) is 7.32. The van der Waals surface area contributed by atoms with Gasteiger partial charge in [0.2, 0.25) is 11.7 Å². The van der Waals surface area contributed by atoms with Crippen LogP contribution in [0.15, 0.2) is 33.3 Å². The van der Waals surface area contributed by atoms with Gasteiger partial charge in [-0.05, 0) is 57.0 Å². The molecule has 5 heteroatoms. The van der Waals surface area contributed by atoms with Crippen LogP contribution in [0.4, 0.5) is 0 Å². The van der Waals surface area contributed by atoms with Gasteiger partial charge in [-0.3, -0.25) is 0 Å². The molecule has 1 aliphatic rings. The molecule has 2 heterocycles. The molecule has 1 aliphatic heterocycles.